The van der Waals surface area contributed by atoms with Gasteiger partial charge in [0.15, 0.2) is 0 Å². The molecule has 1 aromatic rings. The normalized spacial score (nSPS) is 26.2. The molecule has 2 heteroatoms. The Balaban J connectivity index is 2.06. The zero-order chi connectivity index (χ0) is 16.3. The molecular weight excluding hydrogens is 282 g/mol. The first-order chi connectivity index (χ1) is 11.2. The molecule has 1 saturated heterocycles. The highest BCUT2D eigenvalue weighted by Crippen LogP contribution is 2.41. The second-order valence-corrected chi connectivity index (χ2v) is 7.04. The van der Waals surface area contributed by atoms with Crippen molar-refractivity contribution < 1.29 is 4.79 Å². The molecule has 0 bridgehead atoms. The smallest absolute Gasteiger partial charge is 0.150 e. The summed E-state index contributed by atoms with van der Waals surface area (Å²) in [5.41, 5.74) is 4.77. The zero-order valence-corrected chi connectivity index (χ0v) is 14.3. The van der Waals surface area contributed by atoms with Crippen LogP contribution in [0, 0.1) is 0 Å². The first-order valence-electron chi connectivity index (χ1n) is 8.82. The lowest BCUT2D eigenvalue weighted by Gasteiger charge is -2.44. The third kappa shape index (κ3) is 3.18. The topological polar surface area (TPSA) is 20.3 Å². The monoisotopic (exact) mass is 309 g/mol. The highest BCUT2D eigenvalue weighted by molar-refractivity contribution is 5.75. The van der Waals surface area contributed by atoms with Crippen LogP contribution in [-0.4, -0.2) is 24.3 Å². The van der Waals surface area contributed by atoms with E-state index in [-0.39, 0.29) is 5.54 Å². The summed E-state index contributed by atoms with van der Waals surface area (Å²) in [4.78, 5) is 13.9. The maximum absolute atomic E-state index is 11.3. The van der Waals surface area contributed by atoms with E-state index in [0.717, 1.165) is 31.4 Å². The van der Waals surface area contributed by atoms with E-state index in [4.69, 9.17) is 0 Å². The van der Waals surface area contributed by atoms with Gasteiger partial charge in [-0.1, -0.05) is 54.3 Å². The Bertz CT molecular complexity index is 635. The predicted octanol–water partition coefficient (Wildman–Crippen LogP) is 4.87. The minimum absolute atomic E-state index is 0.0903. The molecule has 0 radical (unpaired) electrons. The molecule has 1 aliphatic heterocycles. The van der Waals surface area contributed by atoms with Gasteiger partial charge in [0.05, 0.1) is 5.54 Å². The molecule has 0 aromatic heterocycles. The second kappa shape index (κ2) is 6.84. The van der Waals surface area contributed by atoms with E-state index >= 15 is 0 Å². The van der Waals surface area contributed by atoms with Gasteiger partial charge in [0.25, 0.3) is 0 Å². The molecule has 0 spiro atoms. The molecule has 2 nitrogen and oxygen atoms in total. The minimum atomic E-state index is -0.0903. The number of hydrogen-bond donors (Lipinski definition) is 0. The molecule has 0 N–H and O–H groups in total. The van der Waals surface area contributed by atoms with Crippen molar-refractivity contribution >= 4 is 6.29 Å². The number of rotatable bonds is 3. The summed E-state index contributed by atoms with van der Waals surface area (Å²) >= 11 is 0. The summed E-state index contributed by atoms with van der Waals surface area (Å²) in [6, 6.07) is 8.19. The Hall–Kier alpha value is -1.67. The van der Waals surface area contributed by atoms with Gasteiger partial charge in [-0.25, -0.2) is 0 Å². The second-order valence-electron chi connectivity index (χ2n) is 7.04. The Morgan fingerprint density at radius 3 is 2.48 bits per heavy atom. The van der Waals surface area contributed by atoms with Gasteiger partial charge < -0.3 is 0 Å². The van der Waals surface area contributed by atoms with E-state index in [0.29, 0.717) is 0 Å². The maximum Gasteiger partial charge on any atom is 0.150 e. The van der Waals surface area contributed by atoms with Crippen LogP contribution in [0.25, 0.3) is 0 Å². The van der Waals surface area contributed by atoms with Gasteiger partial charge in [-0.3, -0.25) is 9.69 Å². The molecule has 23 heavy (non-hydrogen) atoms. The van der Waals surface area contributed by atoms with E-state index in [1.807, 2.05) is 12.1 Å². The van der Waals surface area contributed by atoms with Gasteiger partial charge >= 0.3 is 0 Å². The number of carbonyl (C=O) groups is 1. The number of carbonyl (C=O) groups excluding carboxylic acids is 1. The van der Waals surface area contributed by atoms with Crippen molar-refractivity contribution in [3.63, 3.8) is 0 Å². The standard InChI is InChI=1S/C21H27NO/c1-17-10-11-21(15-18(17)2,22-12-5-3-4-6-13-22)20-9-7-8-19(14-20)16-23/h7-11,14,16H,3-6,12-13,15H2,1-2H3. The van der Waals surface area contributed by atoms with Crippen molar-refractivity contribution in [1.82, 2.24) is 4.90 Å². The van der Waals surface area contributed by atoms with Crippen LogP contribution in [0.5, 0.6) is 0 Å². The summed E-state index contributed by atoms with van der Waals surface area (Å²) in [6.07, 6.45) is 11.8. The van der Waals surface area contributed by atoms with E-state index in [9.17, 15) is 4.79 Å². The number of allylic oxidation sites excluding steroid dienone is 2. The van der Waals surface area contributed by atoms with Gasteiger partial charge in [-0.05, 0) is 57.8 Å². The fraction of sp³-hybridized carbons (Fsp3) is 0.476. The number of nitrogens with zero attached hydrogens (tertiary/aromatic N) is 1. The van der Waals surface area contributed by atoms with Crippen LogP contribution in [0.15, 0.2) is 47.6 Å². The van der Waals surface area contributed by atoms with Gasteiger partial charge in [0.1, 0.15) is 6.29 Å². The summed E-state index contributed by atoms with van der Waals surface area (Å²) in [6.45, 7) is 6.72. The molecular formula is C21H27NO. The van der Waals surface area contributed by atoms with Gasteiger partial charge in [0.2, 0.25) is 0 Å². The van der Waals surface area contributed by atoms with Crippen LogP contribution in [0.2, 0.25) is 0 Å². The lowest BCUT2D eigenvalue weighted by atomic mass is 9.77. The average Bonchev–Trinajstić information content (AvgIpc) is 2.87. The maximum atomic E-state index is 11.3. The van der Waals surface area contributed by atoms with Crippen molar-refractivity contribution in [1.29, 1.82) is 0 Å². The van der Waals surface area contributed by atoms with Gasteiger partial charge in [-0.2, -0.15) is 0 Å². The summed E-state index contributed by atoms with van der Waals surface area (Å²) in [5.74, 6) is 0. The molecule has 1 unspecified atom stereocenters. The number of likely N-dealkylation sites (tertiary alicyclic amines) is 1. The van der Waals surface area contributed by atoms with E-state index in [1.165, 1.54) is 42.4 Å². The first kappa shape index (κ1) is 16.2. The molecule has 0 amide bonds. The molecule has 1 aliphatic carbocycles. The average molecular weight is 309 g/mol. The van der Waals surface area contributed by atoms with Crippen molar-refractivity contribution in [3.8, 4) is 0 Å². The number of aldehydes is 1. The van der Waals surface area contributed by atoms with E-state index in [2.05, 4.69) is 43.0 Å². The fourth-order valence-electron chi connectivity index (χ4n) is 3.96. The van der Waals surface area contributed by atoms with Crippen LogP contribution < -0.4 is 0 Å². The molecule has 1 aromatic carbocycles. The van der Waals surface area contributed by atoms with E-state index < -0.39 is 0 Å². The molecule has 3 rings (SSSR count). The van der Waals surface area contributed by atoms with Crippen LogP contribution in [-0.2, 0) is 5.54 Å². The molecule has 2 aliphatic rings. The van der Waals surface area contributed by atoms with E-state index in [1.54, 1.807) is 0 Å². The molecule has 1 fully saturated rings. The predicted molar refractivity (Wildman–Crippen MR) is 95.7 cm³/mol. The number of benzene rings is 1. The summed E-state index contributed by atoms with van der Waals surface area (Å²) in [7, 11) is 0. The quantitative estimate of drug-likeness (QED) is 0.743. The van der Waals surface area contributed by atoms with Crippen molar-refractivity contribution in [2.75, 3.05) is 13.1 Å². The van der Waals surface area contributed by atoms with Crippen molar-refractivity contribution in [3.05, 3.63) is 58.7 Å². The lowest BCUT2D eigenvalue weighted by molar-refractivity contribution is 0.112. The Morgan fingerprint density at radius 1 is 1.09 bits per heavy atom. The zero-order valence-electron chi connectivity index (χ0n) is 14.3. The number of hydrogen-bond acceptors (Lipinski definition) is 2. The van der Waals surface area contributed by atoms with Crippen LogP contribution in [0.3, 0.4) is 0 Å². The van der Waals surface area contributed by atoms with Crippen LogP contribution >= 0.6 is 0 Å². The SMILES string of the molecule is CC1=C(C)CC(c2cccc(C=O)c2)(N2CCCCCC2)C=C1. The summed E-state index contributed by atoms with van der Waals surface area (Å²) < 4.78 is 0. The van der Waals surface area contributed by atoms with Crippen LogP contribution in [0.4, 0.5) is 0 Å². The molecule has 0 saturated carbocycles. The first-order valence-corrected chi connectivity index (χ1v) is 8.82. The molecule has 1 atom stereocenters. The molecule has 1 heterocycles. The fourth-order valence-corrected chi connectivity index (χ4v) is 3.96. The highest BCUT2D eigenvalue weighted by Gasteiger charge is 2.38. The van der Waals surface area contributed by atoms with Crippen molar-refractivity contribution in [2.45, 2.75) is 51.5 Å². The van der Waals surface area contributed by atoms with Crippen molar-refractivity contribution in [2.24, 2.45) is 0 Å². The lowest BCUT2D eigenvalue weighted by Crippen LogP contribution is -2.46. The Kier molecular flexibility index (Phi) is 4.82. The Morgan fingerprint density at radius 2 is 1.83 bits per heavy atom. The Labute approximate surface area is 139 Å². The summed E-state index contributed by atoms with van der Waals surface area (Å²) in [5, 5.41) is 0. The molecule has 122 valence electrons. The van der Waals surface area contributed by atoms with Gasteiger partial charge in [-0.15, -0.1) is 0 Å². The third-order valence-electron chi connectivity index (χ3n) is 5.51. The highest BCUT2D eigenvalue weighted by atomic mass is 16.1. The third-order valence-corrected chi connectivity index (χ3v) is 5.51. The van der Waals surface area contributed by atoms with Crippen LogP contribution in [0.1, 0.15) is 61.9 Å². The minimum Gasteiger partial charge on any atom is -0.298 e. The van der Waals surface area contributed by atoms with Gasteiger partial charge in [0, 0.05) is 5.56 Å². The largest absolute Gasteiger partial charge is 0.298 e.